The monoisotopic (exact) mass is 381 g/mol. The summed E-state index contributed by atoms with van der Waals surface area (Å²) in [5.74, 6) is 0.862. The standard InChI is InChI=1S/C20H31NO4S/c1-26(23,24)18-6-7-19-17(16-18)8-9-20(25-19)10-13-21(14-11-20)12-4-2-3-5-15-22/h6-7,16,22H,2-5,8-15H2,1H3. The highest BCUT2D eigenvalue weighted by Gasteiger charge is 2.39. The molecule has 2 aliphatic heterocycles. The summed E-state index contributed by atoms with van der Waals surface area (Å²) in [6.45, 7) is 3.57. The predicted octanol–water partition coefficient (Wildman–Crippen LogP) is 2.80. The smallest absolute Gasteiger partial charge is 0.175 e. The van der Waals surface area contributed by atoms with E-state index in [-0.39, 0.29) is 5.60 Å². The molecule has 0 aromatic heterocycles. The Balaban J connectivity index is 1.53. The molecule has 2 aliphatic rings. The number of fused-ring (bicyclic) bond motifs is 1. The van der Waals surface area contributed by atoms with Crippen LogP contribution in [0.25, 0.3) is 0 Å². The molecule has 0 radical (unpaired) electrons. The lowest BCUT2D eigenvalue weighted by atomic mass is 9.83. The van der Waals surface area contributed by atoms with Crippen LogP contribution >= 0.6 is 0 Å². The summed E-state index contributed by atoms with van der Waals surface area (Å²) < 4.78 is 29.9. The van der Waals surface area contributed by atoms with Crippen LogP contribution in [0.5, 0.6) is 5.75 Å². The van der Waals surface area contributed by atoms with Crippen molar-refractivity contribution in [1.29, 1.82) is 0 Å². The minimum Gasteiger partial charge on any atom is -0.487 e. The van der Waals surface area contributed by atoms with Crippen molar-refractivity contribution in [2.75, 3.05) is 32.5 Å². The first-order chi connectivity index (χ1) is 12.4. The molecule has 0 unspecified atom stereocenters. The minimum absolute atomic E-state index is 0.0764. The molecular weight excluding hydrogens is 350 g/mol. The molecule has 26 heavy (non-hydrogen) atoms. The molecule has 0 aliphatic carbocycles. The maximum atomic E-state index is 11.7. The second kappa shape index (κ2) is 8.28. The van der Waals surface area contributed by atoms with Crippen molar-refractivity contribution in [3.05, 3.63) is 23.8 Å². The van der Waals surface area contributed by atoms with E-state index in [9.17, 15) is 8.42 Å². The summed E-state index contributed by atoms with van der Waals surface area (Å²) in [4.78, 5) is 2.90. The largest absolute Gasteiger partial charge is 0.487 e. The van der Waals surface area contributed by atoms with Gasteiger partial charge in [-0.25, -0.2) is 8.42 Å². The fourth-order valence-electron chi connectivity index (χ4n) is 4.07. The average Bonchev–Trinajstić information content (AvgIpc) is 2.62. The van der Waals surface area contributed by atoms with Gasteiger partial charge in [-0.15, -0.1) is 0 Å². The molecular formula is C20H31NO4S. The molecule has 1 spiro atoms. The Hall–Kier alpha value is -1.11. The van der Waals surface area contributed by atoms with E-state index >= 15 is 0 Å². The highest BCUT2D eigenvalue weighted by Crippen LogP contribution is 2.40. The number of benzene rings is 1. The van der Waals surface area contributed by atoms with Crippen LogP contribution < -0.4 is 4.74 Å². The number of hydrogen-bond donors (Lipinski definition) is 1. The summed E-state index contributed by atoms with van der Waals surface area (Å²) in [6.07, 6.45) is 9.60. The first kappa shape index (κ1) is 19.6. The number of aryl methyl sites for hydroxylation is 1. The Morgan fingerprint density at radius 1 is 1.12 bits per heavy atom. The zero-order valence-electron chi connectivity index (χ0n) is 15.7. The number of unbranched alkanes of at least 4 members (excludes halogenated alkanes) is 3. The molecule has 146 valence electrons. The SMILES string of the molecule is CS(=O)(=O)c1ccc2c(c1)CCC1(CCN(CCCCCCO)CC1)O2. The third-order valence-electron chi connectivity index (χ3n) is 5.79. The molecule has 0 saturated carbocycles. The Morgan fingerprint density at radius 2 is 1.85 bits per heavy atom. The highest BCUT2D eigenvalue weighted by molar-refractivity contribution is 7.90. The summed E-state index contributed by atoms with van der Waals surface area (Å²) in [5, 5.41) is 8.83. The van der Waals surface area contributed by atoms with Gasteiger partial charge in [-0.05, 0) is 68.8 Å². The normalized spacial score (nSPS) is 19.9. The highest BCUT2D eigenvalue weighted by atomic mass is 32.2. The first-order valence-corrected chi connectivity index (χ1v) is 11.7. The Labute approximate surface area is 157 Å². The van der Waals surface area contributed by atoms with Crippen molar-refractivity contribution >= 4 is 9.84 Å². The van der Waals surface area contributed by atoms with Crippen molar-refractivity contribution < 1.29 is 18.3 Å². The van der Waals surface area contributed by atoms with Crippen LogP contribution in [0.15, 0.2) is 23.1 Å². The number of hydrogen-bond acceptors (Lipinski definition) is 5. The first-order valence-electron chi connectivity index (χ1n) is 9.77. The summed E-state index contributed by atoms with van der Waals surface area (Å²) >= 11 is 0. The van der Waals surface area contributed by atoms with Crippen molar-refractivity contribution in [3.8, 4) is 5.75 Å². The van der Waals surface area contributed by atoms with Gasteiger partial charge in [0.05, 0.1) is 4.90 Å². The lowest BCUT2D eigenvalue weighted by molar-refractivity contribution is -0.0148. The molecule has 1 aromatic carbocycles. The van der Waals surface area contributed by atoms with E-state index in [4.69, 9.17) is 9.84 Å². The molecule has 3 rings (SSSR count). The maximum absolute atomic E-state index is 11.7. The van der Waals surface area contributed by atoms with E-state index in [0.29, 0.717) is 11.5 Å². The van der Waals surface area contributed by atoms with E-state index in [1.54, 1.807) is 12.1 Å². The number of piperidine rings is 1. The summed E-state index contributed by atoms with van der Waals surface area (Å²) in [5.41, 5.74) is 0.942. The van der Waals surface area contributed by atoms with Crippen LogP contribution in [0, 0.1) is 0 Å². The summed E-state index contributed by atoms with van der Waals surface area (Å²) in [7, 11) is -3.17. The number of ether oxygens (including phenoxy) is 1. The molecule has 1 fully saturated rings. The van der Waals surface area contributed by atoms with Gasteiger partial charge in [0.2, 0.25) is 0 Å². The van der Waals surface area contributed by atoms with Gasteiger partial charge in [-0.3, -0.25) is 0 Å². The number of rotatable bonds is 7. The van der Waals surface area contributed by atoms with E-state index in [2.05, 4.69) is 4.90 Å². The molecule has 2 heterocycles. The molecule has 1 saturated heterocycles. The lowest BCUT2D eigenvalue weighted by Gasteiger charge is -2.44. The quantitative estimate of drug-likeness (QED) is 0.736. The van der Waals surface area contributed by atoms with Gasteiger partial charge < -0.3 is 14.7 Å². The number of aliphatic hydroxyl groups excluding tert-OH is 1. The Morgan fingerprint density at radius 3 is 2.54 bits per heavy atom. The topological polar surface area (TPSA) is 66.8 Å². The third-order valence-corrected chi connectivity index (χ3v) is 6.90. The molecule has 0 amide bonds. The number of sulfone groups is 1. The fourth-order valence-corrected chi connectivity index (χ4v) is 4.74. The van der Waals surface area contributed by atoms with Crippen LogP contribution in [-0.4, -0.2) is 56.5 Å². The van der Waals surface area contributed by atoms with Gasteiger partial charge in [0.1, 0.15) is 11.4 Å². The molecule has 5 nitrogen and oxygen atoms in total. The van der Waals surface area contributed by atoms with E-state index < -0.39 is 9.84 Å². The van der Waals surface area contributed by atoms with Gasteiger partial charge in [-0.2, -0.15) is 0 Å². The molecule has 0 bridgehead atoms. The minimum atomic E-state index is -3.17. The number of nitrogens with zero attached hydrogens (tertiary/aromatic N) is 1. The van der Waals surface area contributed by atoms with Crippen LogP contribution in [0.3, 0.4) is 0 Å². The van der Waals surface area contributed by atoms with Crippen molar-refractivity contribution in [3.63, 3.8) is 0 Å². The predicted molar refractivity (Wildman–Crippen MR) is 102 cm³/mol. The fraction of sp³-hybridized carbons (Fsp3) is 0.700. The third kappa shape index (κ3) is 4.78. The van der Waals surface area contributed by atoms with E-state index in [0.717, 1.165) is 69.5 Å². The zero-order chi connectivity index (χ0) is 18.6. The van der Waals surface area contributed by atoms with Gasteiger partial charge >= 0.3 is 0 Å². The molecule has 0 atom stereocenters. The van der Waals surface area contributed by atoms with Crippen molar-refractivity contribution in [2.45, 2.75) is 61.9 Å². The van der Waals surface area contributed by atoms with Crippen LogP contribution in [0.1, 0.15) is 50.5 Å². The van der Waals surface area contributed by atoms with Crippen LogP contribution in [0.4, 0.5) is 0 Å². The zero-order valence-corrected chi connectivity index (χ0v) is 16.6. The number of likely N-dealkylation sites (tertiary alicyclic amines) is 1. The van der Waals surface area contributed by atoms with Crippen molar-refractivity contribution in [2.24, 2.45) is 0 Å². The van der Waals surface area contributed by atoms with Crippen LogP contribution in [0.2, 0.25) is 0 Å². The van der Waals surface area contributed by atoms with Crippen LogP contribution in [-0.2, 0) is 16.3 Å². The summed E-state index contributed by atoms with van der Waals surface area (Å²) in [6, 6.07) is 5.27. The Bertz CT molecular complexity index is 709. The second-order valence-corrected chi connectivity index (χ2v) is 9.82. The second-order valence-electron chi connectivity index (χ2n) is 7.81. The molecule has 1 aromatic rings. The van der Waals surface area contributed by atoms with Crippen molar-refractivity contribution in [1.82, 2.24) is 4.90 Å². The van der Waals surface area contributed by atoms with Gasteiger partial charge in [0.15, 0.2) is 9.84 Å². The number of aliphatic hydroxyl groups is 1. The lowest BCUT2D eigenvalue weighted by Crippen LogP contribution is -2.49. The molecule has 1 N–H and O–H groups in total. The van der Waals surface area contributed by atoms with E-state index in [1.165, 1.54) is 19.1 Å². The van der Waals surface area contributed by atoms with E-state index in [1.807, 2.05) is 6.07 Å². The van der Waals surface area contributed by atoms with Gasteiger partial charge in [-0.1, -0.05) is 12.8 Å². The van der Waals surface area contributed by atoms with Gasteiger partial charge in [0.25, 0.3) is 0 Å². The Kier molecular flexibility index (Phi) is 6.25. The molecule has 6 heteroatoms. The maximum Gasteiger partial charge on any atom is 0.175 e. The van der Waals surface area contributed by atoms with Gasteiger partial charge in [0, 0.05) is 26.0 Å². The average molecular weight is 382 g/mol.